The summed E-state index contributed by atoms with van der Waals surface area (Å²) in [6.45, 7) is -2.25. The summed E-state index contributed by atoms with van der Waals surface area (Å²) in [5.41, 5.74) is 2.58. The standard InChI is InChI=1S/C21H19Cl2F2N3/c22-16-11-15(26-12-13-7-3-1-4-8-13)20-18(27-16)17(23)19(28(20)21(24)25)14-9-5-2-6-10-14/h1-5,7-8,11,14,21H,6,9-10,12H2,(H,26,27). The van der Waals surface area contributed by atoms with E-state index in [0.29, 0.717) is 35.4 Å². The Balaban J connectivity index is 1.84. The molecule has 1 atom stereocenters. The highest BCUT2D eigenvalue weighted by molar-refractivity contribution is 6.37. The zero-order valence-corrected chi connectivity index (χ0v) is 16.5. The molecule has 0 fully saturated rings. The lowest BCUT2D eigenvalue weighted by Crippen LogP contribution is -2.11. The molecule has 3 aromatic rings. The molecule has 1 N–H and O–H groups in total. The fourth-order valence-electron chi connectivity index (χ4n) is 3.80. The van der Waals surface area contributed by atoms with Crippen LogP contribution in [0.4, 0.5) is 14.5 Å². The fourth-order valence-corrected chi connectivity index (χ4v) is 4.37. The van der Waals surface area contributed by atoms with Gasteiger partial charge in [-0.2, -0.15) is 8.78 Å². The number of halogens is 4. The molecule has 0 saturated carbocycles. The number of allylic oxidation sites excluding steroid dienone is 2. The zero-order valence-electron chi connectivity index (χ0n) is 15.0. The van der Waals surface area contributed by atoms with Crippen LogP contribution in [0.3, 0.4) is 0 Å². The number of alkyl halides is 2. The molecule has 2 aromatic heterocycles. The van der Waals surface area contributed by atoms with Crippen molar-refractivity contribution < 1.29 is 8.78 Å². The maximum absolute atomic E-state index is 14.2. The van der Waals surface area contributed by atoms with Crippen molar-refractivity contribution >= 4 is 39.9 Å². The van der Waals surface area contributed by atoms with Crippen LogP contribution in [0.25, 0.3) is 11.0 Å². The lowest BCUT2D eigenvalue weighted by atomic mass is 9.91. The lowest BCUT2D eigenvalue weighted by Gasteiger charge is -2.21. The number of aromatic nitrogens is 2. The van der Waals surface area contributed by atoms with Crippen LogP contribution in [-0.4, -0.2) is 9.55 Å². The Bertz CT molecular complexity index is 1020. The van der Waals surface area contributed by atoms with Gasteiger partial charge < -0.3 is 5.32 Å². The van der Waals surface area contributed by atoms with Crippen LogP contribution in [0.15, 0.2) is 48.6 Å². The molecule has 0 radical (unpaired) electrons. The lowest BCUT2D eigenvalue weighted by molar-refractivity contribution is 0.0710. The van der Waals surface area contributed by atoms with Gasteiger partial charge >= 0.3 is 6.55 Å². The van der Waals surface area contributed by atoms with Crippen molar-refractivity contribution in [2.45, 2.75) is 38.3 Å². The Labute approximate surface area is 172 Å². The van der Waals surface area contributed by atoms with Gasteiger partial charge in [0.2, 0.25) is 0 Å². The third-order valence-corrected chi connectivity index (χ3v) is 5.64. The summed E-state index contributed by atoms with van der Waals surface area (Å²) in [6, 6.07) is 11.3. The van der Waals surface area contributed by atoms with E-state index in [1.165, 1.54) is 0 Å². The molecular formula is C21H19Cl2F2N3. The summed E-state index contributed by atoms with van der Waals surface area (Å²) in [6.07, 6.45) is 6.40. The number of nitrogens with one attached hydrogen (secondary N) is 1. The van der Waals surface area contributed by atoms with Crippen LogP contribution in [-0.2, 0) is 6.54 Å². The third-order valence-electron chi connectivity index (χ3n) is 5.07. The van der Waals surface area contributed by atoms with Gasteiger partial charge in [-0.3, -0.25) is 4.57 Å². The first-order valence-corrected chi connectivity index (χ1v) is 9.92. The largest absolute Gasteiger partial charge is 0.379 e. The average molecular weight is 422 g/mol. The summed E-state index contributed by atoms with van der Waals surface area (Å²) in [5, 5.41) is 3.71. The molecule has 4 rings (SSSR count). The van der Waals surface area contributed by atoms with E-state index in [2.05, 4.69) is 16.4 Å². The summed E-state index contributed by atoms with van der Waals surface area (Å²) in [7, 11) is 0. The third kappa shape index (κ3) is 3.61. The quantitative estimate of drug-likeness (QED) is 0.349. The van der Waals surface area contributed by atoms with Gasteiger partial charge in [-0.15, -0.1) is 0 Å². The molecule has 0 bridgehead atoms. The van der Waals surface area contributed by atoms with Gasteiger partial charge in [0.25, 0.3) is 0 Å². The van der Waals surface area contributed by atoms with Gasteiger partial charge in [0, 0.05) is 24.2 Å². The molecule has 7 heteroatoms. The average Bonchev–Trinajstić information content (AvgIpc) is 3.00. The smallest absolute Gasteiger partial charge is 0.319 e. The van der Waals surface area contributed by atoms with Crippen LogP contribution in [0, 0.1) is 0 Å². The molecule has 0 spiro atoms. The second kappa shape index (κ2) is 8.10. The number of fused-ring (bicyclic) bond motifs is 1. The molecule has 0 aliphatic heterocycles. The van der Waals surface area contributed by atoms with Crippen LogP contribution in [0.2, 0.25) is 10.2 Å². The van der Waals surface area contributed by atoms with E-state index in [4.69, 9.17) is 23.2 Å². The molecule has 1 unspecified atom stereocenters. The summed E-state index contributed by atoms with van der Waals surface area (Å²) in [4.78, 5) is 4.27. The topological polar surface area (TPSA) is 29.9 Å². The monoisotopic (exact) mass is 421 g/mol. The van der Waals surface area contributed by atoms with Crippen molar-refractivity contribution in [3.8, 4) is 0 Å². The molecule has 28 heavy (non-hydrogen) atoms. The van der Waals surface area contributed by atoms with Crippen LogP contribution >= 0.6 is 23.2 Å². The maximum atomic E-state index is 14.2. The van der Waals surface area contributed by atoms with Gasteiger partial charge in [0.05, 0.1) is 16.2 Å². The molecule has 146 valence electrons. The highest BCUT2D eigenvalue weighted by atomic mass is 35.5. The van der Waals surface area contributed by atoms with E-state index < -0.39 is 6.55 Å². The van der Waals surface area contributed by atoms with E-state index in [1.807, 2.05) is 36.4 Å². The number of benzene rings is 1. The van der Waals surface area contributed by atoms with E-state index in [0.717, 1.165) is 23.0 Å². The van der Waals surface area contributed by atoms with Gasteiger partial charge in [-0.25, -0.2) is 4.98 Å². The van der Waals surface area contributed by atoms with E-state index in [9.17, 15) is 8.78 Å². The summed E-state index contributed by atoms with van der Waals surface area (Å²) >= 11 is 12.8. The van der Waals surface area contributed by atoms with Crippen molar-refractivity contribution in [1.29, 1.82) is 0 Å². The summed E-state index contributed by atoms with van der Waals surface area (Å²) in [5.74, 6) is -0.0681. The molecule has 3 nitrogen and oxygen atoms in total. The Hall–Kier alpha value is -2.11. The zero-order chi connectivity index (χ0) is 19.7. The molecule has 1 aliphatic carbocycles. The van der Waals surface area contributed by atoms with Gasteiger partial charge in [-0.05, 0) is 24.8 Å². The number of rotatable bonds is 5. The molecule has 2 heterocycles. The fraction of sp³-hybridized carbons (Fsp3) is 0.286. The minimum Gasteiger partial charge on any atom is -0.379 e. The highest BCUT2D eigenvalue weighted by Gasteiger charge is 2.29. The predicted octanol–water partition coefficient (Wildman–Crippen LogP) is 7.17. The Kier molecular flexibility index (Phi) is 5.56. The number of hydrogen-bond donors (Lipinski definition) is 1. The second-order valence-electron chi connectivity index (χ2n) is 6.86. The van der Waals surface area contributed by atoms with Crippen molar-refractivity contribution in [2.75, 3.05) is 5.32 Å². The van der Waals surface area contributed by atoms with Crippen LogP contribution in [0.1, 0.15) is 43.0 Å². The van der Waals surface area contributed by atoms with E-state index >= 15 is 0 Å². The SMILES string of the molecule is FC(F)n1c(C2CC=CCC2)c(Cl)c2nc(Cl)cc(NCc3ccccc3)c21. The van der Waals surface area contributed by atoms with E-state index in [1.54, 1.807) is 6.07 Å². The summed E-state index contributed by atoms with van der Waals surface area (Å²) < 4.78 is 29.4. The minimum atomic E-state index is -2.73. The van der Waals surface area contributed by atoms with Gasteiger partial charge in [0.15, 0.2) is 0 Å². The van der Waals surface area contributed by atoms with E-state index in [-0.39, 0.29) is 16.1 Å². The number of nitrogens with zero attached hydrogens (tertiary/aromatic N) is 2. The molecule has 0 amide bonds. The minimum absolute atomic E-state index is 0.0681. The highest BCUT2D eigenvalue weighted by Crippen LogP contribution is 2.44. The maximum Gasteiger partial charge on any atom is 0.319 e. The Morgan fingerprint density at radius 3 is 2.64 bits per heavy atom. The van der Waals surface area contributed by atoms with Gasteiger partial charge in [0.1, 0.15) is 10.7 Å². The number of pyridine rings is 1. The molecular weight excluding hydrogens is 403 g/mol. The first-order valence-electron chi connectivity index (χ1n) is 9.17. The number of anilines is 1. The molecule has 0 saturated heterocycles. The molecule has 1 aromatic carbocycles. The molecule has 1 aliphatic rings. The Morgan fingerprint density at radius 2 is 1.96 bits per heavy atom. The van der Waals surface area contributed by atoms with Crippen molar-refractivity contribution in [3.05, 3.63) is 70.0 Å². The predicted molar refractivity (Wildman–Crippen MR) is 111 cm³/mol. The number of hydrogen-bond acceptors (Lipinski definition) is 2. The van der Waals surface area contributed by atoms with Crippen LogP contribution < -0.4 is 5.32 Å². The van der Waals surface area contributed by atoms with Crippen molar-refractivity contribution in [2.24, 2.45) is 0 Å². The first kappa shape index (κ1) is 19.2. The first-order chi connectivity index (χ1) is 13.6. The van der Waals surface area contributed by atoms with Crippen molar-refractivity contribution in [3.63, 3.8) is 0 Å². The Morgan fingerprint density at radius 1 is 1.18 bits per heavy atom. The van der Waals surface area contributed by atoms with Crippen LogP contribution in [0.5, 0.6) is 0 Å². The van der Waals surface area contributed by atoms with Crippen molar-refractivity contribution in [1.82, 2.24) is 9.55 Å². The second-order valence-corrected chi connectivity index (χ2v) is 7.62. The normalized spacial score (nSPS) is 16.8. The van der Waals surface area contributed by atoms with Gasteiger partial charge in [-0.1, -0.05) is 65.7 Å².